The van der Waals surface area contributed by atoms with E-state index in [2.05, 4.69) is 144 Å². The van der Waals surface area contributed by atoms with Crippen LogP contribution in [0, 0.1) is 0 Å². The van der Waals surface area contributed by atoms with Crippen LogP contribution in [0.4, 0.5) is 17.1 Å². The lowest BCUT2D eigenvalue weighted by Gasteiger charge is -2.25. The summed E-state index contributed by atoms with van der Waals surface area (Å²) < 4.78 is 0. The zero-order chi connectivity index (χ0) is 27.2. The molecule has 0 bridgehead atoms. The summed E-state index contributed by atoms with van der Waals surface area (Å²) in [5.41, 5.74) is 5.30. The average Bonchev–Trinajstić information content (AvgIpc) is 3.05. The summed E-state index contributed by atoms with van der Waals surface area (Å²) in [7, 11) is 0. The molecule has 41 heavy (non-hydrogen) atoms. The van der Waals surface area contributed by atoms with Gasteiger partial charge in [-0.05, 0) is 97.7 Å². The topological polar surface area (TPSA) is 16.1 Å². The fourth-order valence-electron chi connectivity index (χ4n) is 6.09. The Morgan fingerprint density at radius 3 is 1.44 bits per heavy atom. The van der Waals surface area contributed by atoms with E-state index in [4.69, 9.17) is 4.98 Å². The minimum atomic E-state index is 0.958. The van der Waals surface area contributed by atoms with Crippen molar-refractivity contribution in [1.82, 2.24) is 4.98 Å². The standard InChI is InChI=1S/C39H26N2/c1-3-13-30(14-4-1)41(31-15-5-2-6-16-31)32-20-22-39(40-26-32)29-19-21-35-36(25-29)33-17-9-10-18-34(33)37-23-27-11-7-8-12-28(27)24-38(35)37/h1-26H. The van der Waals surface area contributed by atoms with E-state index in [0.717, 1.165) is 28.3 Å². The predicted octanol–water partition coefficient (Wildman–Crippen LogP) is 10.8. The molecular weight excluding hydrogens is 496 g/mol. The fraction of sp³-hybridized carbons (Fsp3) is 0. The van der Waals surface area contributed by atoms with Crippen molar-refractivity contribution >= 4 is 60.2 Å². The van der Waals surface area contributed by atoms with Crippen LogP contribution in [-0.4, -0.2) is 4.98 Å². The number of anilines is 3. The number of pyridine rings is 1. The van der Waals surface area contributed by atoms with Gasteiger partial charge in [0.1, 0.15) is 0 Å². The van der Waals surface area contributed by atoms with E-state index in [1.165, 1.54) is 43.1 Å². The zero-order valence-corrected chi connectivity index (χ0v) is 22.4. The van der Waals surface area contributed by atoms with E-state index < -0.39 is 0 Å². The van der Waals surface area contributed by atoms with E-state index in [1.807, 2.05) is 18.3 Å². The summed E-state index contributed by atoms with van der Waals surface area (Å²) in [6, 6.07) is 54.0. The number of hydrogen-bond donors (Lipinski definition) is 0. The third kappa shape index (κ3) is 4.00. The molecule has 0 aliphatic heterocycles. The van der Waals surface area contributed by atoms with Crippen molar-refractivity contribution in [2.24, 2.45) is 0 Å². The summed E-state index contributed by atoms with van der Waals surface area (Å²) in [5.74, 6) is 0. The molecule has 0 N–H and O–H groups in total. The van der Waals surface area contributed by atoms with Gasteiger partial charge in [0.05, 0.1) is 17.6 Å². The maximum absolute atomic E-state index is 4.97. The number of rotatable bonds is 4. The van der Waals surface area contributed by atoms with Gasteiger partial charge >= 0.3 is 0 Å². The van der Waals surface area contributed by atoms with Crippen molar-refractivity contribution in [3.05, 3.63) is 158 Å². The lowest BCUT2D eigenvalue weighted by molar-refractivity contribution is 1.23. The Morgan fingerprint density at radius 1 is 0.366 bits per heavy atom. The Bertz CT molecular complexity index is 2150. The molecule has 2 heteroatoms. The highest BCUT2D eigenvalue weighted by Gasteiger charge is 2.14. The van der Waals surface area contributed by atoms with Crippen molar-refractivity contribution < 1.29 is 0 Å². The van der Waals surface area contributed by atoms with Crippen molar-refractivity contribution in [3.63, 3.8) is 0 Å². The minimum Gasteiger partial charge on any atom is -0.309 e. The van der Waals surface area contributed by atoms with Crippen molar-refractivity contribution in [2.75, 3.05) is 4.90 Å². The molecule has 1 heterocycles. The molecule has 0 saturated carbocycles. The first-order valence-electron chi connectivity index (χ1n) is 14.0. The highest BCUT2D eigenvalue weighted by molar-refractivity contribution is 6.27. The third-order valence-corrected chi connectivity index (χ3v) is 8.03. The summed E-state index contributed by atoms with van der Waals surface area (Å²) in [4.78, 5) is 7.21. The summed E-state index contributed by atoms with van der Waals surface area (Å²) in [6.45, 7) is 0. The average molecular weight is 523 g/mol. The first-order valence-corrected chi connectivity index (χ1v) is 14.0. The van der Waals surface area contributed by atoms with Gasteiger partial charge in [0.25, 0.3) is 0 Å². The van der Waals surface area contributed by atoms with Gasteiger partial charge in [0.2, 0.25) is 0 Å². The predicted molar refractivity (Wildman–Crippen MR) is 174 cm³/mol. The van der Waals surface area contributed by atoms with Crippen LogP contribution >= 0.6 is 0 Å². The molecule has 7 aromatic carbocycles. The van der Waals surface area contributed by atoms with Crippen LogP contribution in [0.5, 0.6) is 0 Å². The lowest BCUT2D eigenvalue weighted by Crippen LogP contribution is -2.09. The van der Waals surface area contributed by atoms with Crippen LogP contribution in [0.3, 0.4) is 0 Å². The molecule has 2 nitrogen and oxygen atoms in total. The number of para-hydroxylation sites is 2. The normalized spacial score (nSPS) is 11.4. The highest BCUT2D eigenvalue weighted by Crippen LogP contribution is 2.39. The smallest absolute Gasteiger partial charge is 0.0703 e. The number of benzene rings is 7. The van der Waals surface area contributed by atoms with Gasteiger partial charge in [-0.2, -0.15) is 0 Å². The Kier molecular flexibility index (Phi) is 5.49. The largest absolute Gasteiger partial charge is 0.309 e. The number of fused-ring (bicyclic) bond motifs is 7. The van der Waals surface area contributed by atoms with E-state index in [9.17, 15) is 0 Å². The van der Waals surface area contributed by atoms with E-state index in [0.29, 0.717) is 0 Å². The van der Waals surface area contributed by atoms with Crippen molar-refractivity contribution in [3.8, 4) is 11.3 Å². The zero-order valence-electron chi connectivity index (χ0n) is 22.4. The lowest BCUT2D eigenvalue weighted by atomic mass is 9.91. The van der Waals surface area contributed by atoms with Crippen LogP contribution in [0.15, 0.2) is 158 Å². The molecule has 8 aromatic rings. The molecule has 0 unspecified atom stereocenters. The van der Waals surface area contributed by atoms with E-state index >= 15 is 0 Å². The molecule has 0 amide bonds. The van der Waals surface area contributed by atoms with Crippen LogP contribution in [0.25, 0.3) is 54.3 Å². The molecular formula is C39H26N2. The van der Waals surface area contributed by atoms with Crippen molar-refractivity contribution in [2.45, 2.75) is 0 Å². The quantitative estimate of drug-likeness (QED) is 0.169. The third-order valence-electron chi connectivity index (χ3n) is 8.03. The molecule has 1 aromatic heterocycles. The highest BCUT2D eigenvalue weighted by atomic mass is 15.1. The fourth-order valence-corrected chi connectivity index (χ4v) is 6.09. The maximum atomic E-state index is 4.97. The number of aromatic nitrogens is 1. The van der Waals surface area contributed by atoms with Crippen LogP contribution < -0.4 is 4.90 Å². The molecule has 0 radical (unpaired) electrons. The van der Waals surface area contributed by atoms with Crippen LogP contribution in [-0.2, 0) is 0 Å². The molecule has 0 saturated heterocycles. The minimum absolute atomic E-state index is 0.958. The Balaban J connectivity index is 1.27. The van der Waals surface area contributed by atoms with Gasteiger partial charge in [-0.1, -0.05) is 97.1 Å². The summed E-state index contributed by atoms with van der Waals surface area (Å²) in [5, 5.41) is 10.2. The van der Waals surface area contributed by atoms with Gasteiger partial charge in [-0.15, -0.1) is 0 Å². The monoisotopic (exact) mass is 522 g/mol. The van der Waals surface area contributed by atoms with Gasteiger partial charge < -0.3 is 4.90 Å². The van der Waals surface area contributed by atoms with Crippen LogP contribution in [0.1, 0.15) is 0 Å². The Morgan fingerprint density at radius 2 is 0.878 bits per heavy atom. The maximum Gasteiger partial charge on any atom is 0.0703 e. The molecule has 0 atom stereocenters. The van der Waals surface area contributed by atoms with Gasteiger partial charge in [-0.3, -0.25) is 4.98 Å². The van der Waals surface area contributed by atoms with E-state index in [1.54, 1.807) is 0 Å². The first-order chi connectivity index (χ1) is 20.3. The van der Waals surface area contributed by atoms with Gasteiger partial charge in [-0.25, -0.2) is 0 Å². The van der Waals surface area contributed by atoms with E-state index in [-0.39, 0.29) is 0 Å². The summed E-state index contributed by atoms with van der Waals surface area (Å²) >= 11 is 0. The Labute approximate surface area is 238 Å². The van der Waals surface area contributed by atoms with Crippen LogP contribution in [0.2, 0.25) is 0 Å². The second-order valence-corrected chi connectivity index (χ2v) is 10.5. The van der Waals surface area contributed by atoms with Crippen molar-refractivity contribution in [1.29, 1.82) is 0 Å². The SMILES string of the molecule is c1ccc(N(c2ccccc2)c2ccc(-c3ccc4c(c3)c3ccccc3c3cc5ccccc5cc43)nc2)cc1. The molecule has 8 rings (SSSR count). The molecule has 0 fully saturated rings. The molecule has 0 aliphatic rings. The first kappa shape index (κ1) is 23.4. The second kappa shape index (κ2) is 9.62. The molecule has 0 spiro atoms. The van der Waals surface area contributed by atoms with Gasteiger partial charge in [0, 0.05) is 16.9 Å². The molecule has 0 aliphatic carbocycles. The molecule has 192 valence electrons. The number of hydrogen-bond acceptors (Lipinski definition) is 2. The summed E-state index contributed by atoms with van der Waals surface area (Å²) in [6.07, 6.45) is 1.98. The van der Waals surface area contributed by atoms with Gasteiger partial charge in [0.15, 0.2) is 0 Å². The second-order valence-electron chi connectivity index (χ2n) is 10.5. The Hall–Kier alpha value is -5.47. The number of nitrogens with zero attached hydrogens (tertiary/aromatic N) is 2.